The number of aromatic nitrogens is 3. The van der Waals surface area contributed by atoms with Gasteiger partial charge in [-0.2, -0.15) is 4.98 Å². The van der Waals surface area contributed by atoms with E-state index in [9.17, 15) is 4.79 Å². The Kier molecular flexibility index (Phi) is 3.96. The van der Waals surface area contributed by atoms with Gasteiger partial charge in [0.1, 0.15) is 5.65 Å². The minimum atomic E-state index is 0.0490. The first-order valence-electron chi connectivity index (χ1n) is 7.82. The molecule has 2 aromatic rings. The number of pyridine rings is 1. The molecule has 0 amide bonds. The van der Waals surface area contributed by atoms with Crippen LogP contribution in [0.5, 0.6) is 0 Å². The molecule has 0 spiro atoms. The van der Waals surface area contributed by atoms with Crippen LogP contribution >= 0.6 is 0 Å². The number of fused-ring (bicyclic) bond motifs is 1. The molecule has 5 heteroatoms. The zero-order valence-electron chi connectivity index (χ0n) is 13.2. The predicted molar refractivity (Wildman–Crippen MR) is 89.5 cm³/mol. The van der Waals surface area contributed by atoms with Gasteiger partial charge in [0.15, 0.2) is 0 Å². The lowest BCUT2D eigenvalue weighted by Gasteiger charge is -2.19. The average Bonchev–Trinajstić information content (AvgIpc) is 3.01. The third-order valence-corrected chi connectivity index (χ3v) is 4.42. The van der Waals surface area contributed by atoms with Crippen molar-refractivity contribution in [3.63, 3.8) is 0 Å². The van der Waals surface area contributed by atoms with E-state index in [4.69, 9.17) is 0 Å². The van der Waals surface area contributed by atoms with Crippen molar-refractivity contribution < 1.29 is 0 Å². The van der Waals surface area contributed by atoms with Gasteiger partial charge in [0.05, 0.1) is 0 Å². The van der Waals surface area contributed by atoms with Gasteiger partial charge in [0.2, 0.25) is 5.95 Å². The first-order valence-corrected chi connectivity index (χ1v) is 7.82. The van der Waals surface area contributed by atoms with Crippen molar-refractivity contribution in [2.75, 3.05) is 18.5 Å². The van der Waals surface area contributed by atoms with Crippen LogP contribution in [0.25, 0.3) is 11.0 Å². The molecule has 1 aliphatic rings. The number of aryl methyl sites for hydroxylation is 1. The fourth-order valence-electron chi connectivity index (χ4n) is 3.24. The zero-order valence-corrected chi connectivity index (χ0v) is 13.2. The van der Waals surface area contributed by atoms with E-state index in [1.54, 1.807) is 6.07 Å². The highest BCUT2D eigenvalue weighted by atomic mass is 16.1. The SMILES string of the molecule is C=CCN(C)c1ncc2c(C)cc(=O)n(C3CCCC3)c2n1. The maximum Gasteiger partial charge on any atom is 0.252 e. The second-order valence-corrected chi connectivity index (χ2v) is 6.05. The van der Waals surface area contributed by atoms with E-state index in [0.29, 0.717) is 12.5 Å². The van der Waals surface area contributed by atoms with E-state index in [1.807, 2.05) is 35.7 Å². The Balaban J connectivity index is 2.21. The zero-order chi connectivity index (χ0) is 15.7. The van der Waals surface area contributed by atoms with Crippen LogP contribution in [-0.2, 0) is 0 Å². The predicted octanol–water partition coefficient (Wildman–Crippen LogP) is 2.84. The van der Waals surface area contributed by atoms with Gasteiger partial charge in [-0.3, -0.25) is 9.36 Å². The molecule has 5 nitrogen and oxygen atoms in total. The number of anilines is 1. The Morgan fingerprint density at radius 2 is 2.18 bits per heavy atom. The Hall–Kier alpha value is -2.17. The van der Waals surface area contributed by atoms with Crippen molar-refractivity contribution in [2.45, 2.75) is 38.6 Å². The van der Waals surface area contributed by atoms with Crippen LogP contribution in [0.2, 0.25) is 0 Å². The minimum absolute atomic E-state index is 0.0490. The monoisotopic (exact) mass is 298 g/mol. The molecule has 0 aromatic carbocycles. The van der Waals surface area contributed by atoms with Gasteiger partial charge in [-0.05, 0) is 25.3 Å². The summed E-state index contributed by atoms with van der Waals surface area (Å²) in [6, 6.07) is 1.97. The first-order chi connectivity index (χ1) is 10.6. The molecule has 0 bridgehead atoms. The van der Waals surface area contributed by atoms with E-state index in [2.05, 4.69) is 16.5 Å². The Morgan fingerprint density at radius 1 is 1.45 bits per heavy atom. The van der Waals surface area contributed by atoms with Gasteiger partial charge in [-0.1, -0.05) is 18.9 Å². The van der Waals surface area contributed by atoms with E-state index in [1.165, 1.54) is 12.8 Å². The molecule has 3 rings (SSSR count). The minimum Gasteiger partial charge on any atom is -0.340 e. The van der Waals surface area contributed by atoms with Crippen molar-refractivity contribution >= 4 is 17.0 Å². The lowest BCUT2D eigenvalue weighted by molar-refractivity contribution is 0.515. The molecule has 116 valence electrons. The molecule has 0 radical (unpaired) electrons. The number of hydrogen-bond donors (Lipinski definition) is 0. The van der Waals surface area contributed by atoms with Crippen LogP contribution in [0.3, 0.4) is 0 Å². The van der Waals surface area contributed by atoms with Gasteiger partial charge in [-0.15, -0.1) is 6.58 Å². The third kappa shape index (κ3) is 2.51. The van der Waals surface area contributed by atoms with Crippen molar-refractivity contribution in [3.8, 4) is 0 Å². The molecular formula is C17H22N4O. The van der Waals surface area contributed by atoms with Gasteiger partial charge in [0.25, 0.3) is 5.56 Å². The summed E-state index contributed by atoms with van der Waals surface area (Å²) in [7, 11) is 1.93. The van der Waals surface area contributed by atoms with Crippen molar-refractivity contribution in [1.29, 1.82) is 0 Å². The largest absolute Gasteiger partial charge is 0.340 e. The fourth-order valence-corrected chi connectivity index (χ4v) is 3.24. The van der Waals surface area contributed by atoms with Gasteiger partial charge >= 0.3 is 0 Å². The molecule has 22 heavy (non-hydrogen) atoms. The van der Waals surface area contributed by atoms with Crippen LogP contribution in [0.15, 0.2) is 29.7 Å². The summed E-state index contributed by atoms with van der Waals surface area (Å²) in [6.07, 6.45) is 8.12. The van der Waals surface area contributed by atoms with Gasteiger partial charge in [0, 0.05) is 37.3 Å². The summed E-state index contributed by atoms with van der Waals surface area (Å²) in [5.41, 5.74) is 1.75. The highest BCUT2D eigenvalue weighted by Gasteiger charge is 2.21. The standard InChI is InChI=1S/C17H22N4O/c1-4-9-20(3)17-18-11-14-12(2)10-15(22)21(16(14)19-17)13-7-5-6-8-13/h4,10-11,13H,1,5-9H2,2-3H3. The molecule has 1 fully saturated rings. The molecule has 0 atom stereocenters. The Morgan fingerprint density at radius 3 is 2.86 bits per heavy atom. The third-order valence-electron chi connectivity index (χ3n) is 4.42. The van der Waals surface area contributed by atoms with Crippen molar-refractivity contribution in [3.05, 3.63) is 40.8 Å². The van der Waals surface area contributed by atoms with Crippen LogP contribution in [0, 0.1) is 6.92 Å². The number of hydrogen-bond acceptors (Lipinski definition) is 4. The van der Waals surface area contributed by atoms with E-state index in [0.717, 1.165) is 29.4 Å². The number of nitrogens with zero attached hydrogens (tertiary/aromatic N) is 4. The Bertz CT molecular complexity index is 759. The quantitative estimate of drug-likeness (QED) is 0.814. The van der Waals surface area contributed by atoms with Crippen molar-refractivity contribution in [1.82, 2.24) is 14.5 Å². The van der Waals surface area contributed by atoms with Crippen LogP contribution in [0.4, 0.5) is 5.95 Å². The number of rotatable bonds is 4. The molecule has 1 aliphatic carbocycles. The summed E-state index contributed by atoms with van der Waals surface area (Å²) < 4.78 is 1.88. The summed E-state index contributed by atoms with van der Waals surface area (Å²) in [5.74, 6) is 0.629. The summed E-state index contributed by atoms with van der Waals surface area (Å²) >= 11 is 0. The van der Waals surface area contributed by atoms with Crippen LogP contribution in [-0.4, -0.2) is 28.1 Å². The lowest BCUT2D eigenvalue weighted by atomic mass is 10.1. The fraction of sp³-hybridized carbons (Fsp3) is 0.471. The molecule has 0 aliphatic heterocycles. The maximum absolute atomic E-state index is 12.5. The topological polar surface area (TPSA) is 51.0 Å². The smallest absolute Gasteiger partial charge is 0.252 e. The Labute approximate surface area is 130 Å². The molecule has 0 saturated heterocycles. The molecule has 0 unspecified atom stereocenters. The van der Waals surface area contributed by atoms with Gasteiger partial charge < -0.3 is 4.90 Å². The number of likely N-dealkylation sites (N-methyl/N-ethyl adjacent to an activating group) is 1. The van der Waals surface area contributed by atoms with E-state index >= 15 is 0 Å². The molecular weight excluding hydrogens is 276 g/mol. The van der Waals surface area contributed by atoms with E-state index < -0.39 is 0 Å². The first kappa shape index (κ1) is 14.8. The molecule has 2 aromatic heterocycles. The summed E-state index contributed by atoms with van der Waals surface area (Å²) in [5, 5.41) is 0.960. The molecule has 0 N–H and O–H groups in total. The molecule has 1 saturated carbocycles. The second kappa shape index (κ2) is 5.91. The van der Waals surface area contributed by atoms with Crippen LogP contribution < -0.4 is 10.5 Å². The van der Waals surface area contributed by atoms with E-state index in [-0.39, 0.29) is 11.6 Å². The normalized spacial score (nSPS) is 15.4. The second-order valence-electron chi connectivity index (χ2n) is 6.05. The average molecular weight is 298 g/mol. The lowest BCUT2D eigenvalue weighted by Crippen LogP contribution is -2.26. The highest BCUT2D eigenvalue weighted by Crippen LogP contribution is 2.31. The highest BCUT2D eigenvalue weighted by molar-refractivity contribution is 5.79. The van der Waals surface area contributed by atoms with Crippen LogP contribution in [0.1, 0.15) is 37.3 Å². The maximum atomic E-state index is 12.5. The van der Waals surface area contributed by atoms with Gasteiger partial charge in [-0.25, -0.2) is 4.98 Å². The molecule has 2 heterocycles. The summed E-state index contributed by atoms with van der Waals surface area (Å²) in [6.45, 7) is 6.36. The summed E-state index contributed by atoms with van der Waals surface area (Å²) in [4.78, 5) is 23.6. The van der Waals surface area contributed by atoms with Crippen molar-refractivity contribution in [2.24, 2.45) is 0 Å².